The molecule has 11 heteroatoms. The molecule has 5 aromatic rings. The van der Waals surface area contributed by atoms with Crippen LogP contribution in [0.25, 0.3) is 16.8 Å². The van der Waals surface area contributed by atoms with Gasteiger partial charge in [-0.3, -0.25) is 9.36 Å². The van der Waals surface area contributed by atoms with Crippen molar-refractivity contribution in [2.45, 2.75) is 26.5 Å². The molecule has 2 heterocycles. The molecule has 1 aromatic heterocycles. The Balaban J connectivity index is 1.41. The van der Waals surface area contributed by atoms with Crippen LogP contribution in [0.5, 0.6) is 23.0 Å². The first-order valence-corrected chi connectivity index (χ1v) is 17.1. The highest BCUT2D eigenvalue weighted by atomic mass is 127. The summed E-state index contributed by atoms with van der Waals surface area (Å²) >= 11 is 3.47. The second-order valence-electron chi connectivity index (χ2n) is 10.9. The van der Waals surface area contributed by atoms with Crippen LogP contribution in [0.2, 0.25) is 0 Å². The van der Waals surface area contributed by atoms with E-state index in [-0.39, 0.29) is 17.7 Å². The van der Waals surface area contributed by atoms with Crippen LogP contribution in [0.15, 0.2) is 93.9 Å². The van der Waals surface area contributed by atoms with Crippen LogP contribution in [-0.4, -0.2) is 38.5 Å². The fraction of sp³-hybridized carbons (Fsp3) is 0.216. The Hall–Kier alpha value is -4.62. The molecule has 0 saturated heterocycles. The maximum absolute atomic E-state index is 14.2. The fourth-order valence-corrected chi connectivity index (χ4v) is 7.64. The van der Waals surface area contributed by atoms with Crippen LogP contribution >= 0.6 is 33.9 Å². The second kappa shape index (κ2) is 14.2. The number of hydrogen-bond acceptors (Lipinski definition) is 9. The largest absolute Gasteiger partial charge is 0.493 e. The van der Waals surface area contributed by atoms with Gasteiger partial charge in [0.15, 0.2) is 27.8 Å². The van der Waals surface area contributed by atoms with E-state index in [4.69, 9.17) is 23.7 Å². The summed E-state index contributed by atoms with van der Waals surface area (Å²) in [6.07, 6.45) is 1.80. The van der Waals surface area contributed by atoms with Crippen LogP contribution in [0.3, 0.4) is 0 Å². The van der Waals surface area contributed by atoms with Crippen molar-refractivity contribution in [2.75, 3.05) is 27.9 Å². The molecule has 48 heavy (non-hydrogen) atoms. The average molecular weight is 777 g/mol. The molecule has 9 nitrogen and oxygen atoms in total. The summed E-state index contributed by atoms with van der Waals surface area (Å²) in [6, 6.07) is 22.7. The lowest BCUT2D eigenvalue weighted by Gasteiger charge is -2.25. The average Bonchev–Trinajstić information content (AvgIpc) is 3.39. The lowest BCUT2D eigenvalue weighted by molar-refractivity contribution is -0.139. The number of methoxy groups -OCH3 is 3. The highest BCUT2D eigenvalue weighted by molar-refractivity contribution is 14.1. The van der Waals surface area contributed by atoms with Gasteiger partial charge in [0.2, 0.25) is 0 Å². The molecule has 6 rings (SSSR count). The van der Waals surface area contributed by atoms with Crippen molar-refractivity contribution in [2.24, 2.45) is 4.99 Å². The van der Waals surface area contributed by atoms with Crippen LogP contribution in [0.1, 0.15) is 36.6 Å². The summed E-state index contributed by atoms with van der Waals surface area (Å²) in [7, 11) is 4.68. The fourth-order valence-electron chi connectivity index (χ4n) is 5.81. The molecule has 0 saturated carbocycles. The highest BCUT2D eigenvalue weighted by Gasteiger charge is 2.34. The van der Waals surface area contributed by atoms with Gasteiger partial charge in [-0.15, -0.1) is 0 Å². The predicted octanol–water partition coefficient (Wildman–Crippen LogP) is 6.16. The summed E-state index contributed by atoms with van der Waals surface area (Å²) in [5.41, 5.74) is 2.94. The number of carbonyl (C=O) groups excluding carboxylic acids is 1. The Morgan fingerprint density at radius 1 is 0.958 bits per heavy atom. The van der Waals surface area contributed by atoms with Crippen molar-refractivity contribution in [1.29, 1.82) is 0 Å². The first kappa shape index (κ1) is 33.3. The van der Waals surface area contributed by atoms with Crippen molar-refractivity contribution in [3.63, 3.8) is 0 Å². The van der Waals surface area contributed by atoms with Gasteiger partial charge < -0.3 is 23.7 Å². The number of thiazole rings is 1. The zero-order valence-corrected chi connectivity index (χ0v) is 30.0. The molecule has 1 unspecified atom stereocenters. The third-order valence-electron chi connectivity index (χ3n) is 8.04. The zero-order valence-electron chi connectivity index (χ0n) is 27.0. The Morgan fingerprint density at radius 3 is 2.46 bits per heavy atom. The lowest BCUT2D eigenvalue weighted by Crippen LogP contribution is -2.40. The van der Waals surface area contributed by atoms with E-state index in [0.717, 1.165) is 25.5 Å². The first-order chi connectivity index (χ1) is 23.3. The number of allylic oxidation sites excluding steroid dienone is 1. The van der Waals surface area contributed by atoms with E-state index in [2.05, 4.69) is 51.8 Å². The van der Waals surface area contributed by atoms with E-state index >= 15 is 0 Å². The summed E-state index contributed by atoms with van der Waals surface area (Å²) in [5.74, 6) is 1.63. The van der Waals surface area contributed by atoms with Crippen LogP contribution in [0.4, 0.5) is 0 Å². The van der Waals surface area contributed by atoms with Gasteiger partial charge in [0.25, 0.3) is 5.56 Å². The lowest BCUT2D eigenvalue weighted by atomic mass is 9.95. The predicted molar refractivity (Wildman–Crippen MR) is 194 cm³/mol. The summed E-state index contributed by atoms with van der Waals surface area (Å²) in [5, 5.41) is 2.28. The molecule has 0 aliphatic carbocycles. The van der Waals surface area contributed by atoms with Gasteiger partial charge in [-0.25, -0.2) is 9.79 Å². The van der Waals surface area contributed by atoms with Crippen LogP contribution in [0, 0.1) is 3.57 Å². The molecule has 0 radical (unpaired) electrons. The van der Waals surface area contributed by atoms with Crippen LogP contribution in [-0.2, 0) is 16.1 Å². The van der Waals surface area contributed by atoms with Crippen molar-refractivity contribution in [3.05, 3.63) is 124 Å². The minimum Gasteiger partial charge on any atom is -0.493 e. The van der Waals surface area contributed by atoms with Crippen molar-refractivity contribution < 1.29 is 28.5 Å². The molecule has 4 aromatic carbocycles. The van der Waals surface area contributed by atoms with Gasteiger partial charge in [-0.1, -0.05) is 59.9 Å². The van der Waals surface area contributed by atoms with Crippen molar-refractivity contribution >= 4 is 56.7 Å². The third-order valence-corrected chi connectivity index (χ3v) is 9.83. The molecule has 0 amide bonds. The third kappa shape index (κ3) is 6.31. The van der Waals surface area contributed by atoms with Gasteiger partial charge in [-0.05, 0) is 94.2 Å². The number of aromatic nitrogens is 1. The number of halogens is 1. The van der Waals surface area contributed by atoms with E-state index in [0.29, 0.717) is 50.2 Å². The Bertz CT molecular complexity index is 2250. The molecule has 0 N–H and O–H groups in total. The van der Waals surface area contributed by atoms with Crippen molar-refractivity contribution in [3.8, 4) is 23.0 Å². The molecule has 1 aliphatic rings. The number of esters is 1. The minimum absolute atomic E-state index is 0.181. The first-order valence-electron chi connectivity index (χ1n) is 15.2. The number of carbonyl (C=O) groups is 1. The molecular formula is C37H33IN2O7S. The number of nitrogens with zero attached hydrogens (tertiary/aromatic N) is 2. The van der Waals surface area contributed by atoms with Crippen LogP contribution < -0.4 is 33.8 Å². The van der Waals surface area contributed by atoms with Crippen molar-refractivity contribution in [1.82, 2.24) is 4.57 Å². The van der Waals surface area contributed by atoms with E-state index in [1.54, 1.807) is 50.8 Å². The van der Waals surface area contributed by atoms with Gasteiger partial charge >= 0.3 is 5.97 Å². The summed E-state index contributed by atoms with van der Waals surface area (Å²) in [4.78, 5) is 32.6. The molecular weight excluding hydrogens is 743 g/mol. The Labute approximate surface area is 294 Å². The van der Waals surface area contributed by atoms with Gasteiger partial charge in [-0.2, -0.15) is 0 Å². The zero-order chi connectivity index (χ0) is 33.9. The summed E-state index contributed by atoms with van der Waals surface area (Å²) < 4.78 is 31.3. The molecule has 0 bridgehead atoms. The molecule has 0 fully saturated rings. The number of hydrogen-bond donors (Lipinski definition) is 0. The molecule has 246 valence electrons. The molecule has 1 atom stereocenters. The standard InChI is InChI=1S/C37H33IN2O7S/c1-6-46-36(42)32-21(2)39-37-40(33(32)24-14-15-28(43-3)29(19-24)44-4)35(41)31(48-37)18-22-16-27(38)34(30(17-22)45-5)47-20-25-12-9-11-23-10-7-8-13-26(23)25/h7-19,33H,6,20H2,1-5H3/b31-18-. The number of fused-ring (bicyclic) bond motifs is 2. The number of rotatable bonds is 10. The SMILES string of the molecule is CCOC(=O)C1=C(C)N=c2s/c(=C\c3cc(I)c(OCc4cccc5ccccc45)c(OC)c3)c(=O)n2C1c1ccc(OC)c(OC)c1. The van der Waals surface area contributed by atoms with E-state index in [1.165, 1.54) is 18.4 Å². The second-order valence-corrected chi connectivity index (χ2v) is 13.0. The van der Waals surface area contributed by atoms with E-state index in [9.17, 15) is 9.59 Å². The Kier molecular flexibility index (Phi) is 9.88. The smallest absolute Gasteiger partial charge is 0.338 e. The van der Waals surface area contributed by atoms with Gasteiger partial charge in [0.1, 0.15) is 6.61 Å². The number of benzene rings is 4. The van der Waals surface area contributed by atoms with E-state index < -0.39 is 12.0 Å². The Morgan fingerprint density at radius 2 is 1.71 bits per heavy atom. The normalized spacial score (nSPS) is 14.4. The summed E-state index contributed by atoms with van der Waals surface area (Å²) in [6.45, 7) is 4.04. The van der Waals surface area contributed by atoms with E-state index in [1.807, 2.05) is 36.4 Å². The van der Waals surface area contributed by atoms with Gasteiger partial charge in [0.05, 0.1) is 53.4 Å². The minimum atomic E-state index is -0.790. The molecule has 1 aliphatic heterocycles. The monoisotopic (exact) mass is 776 g/mol. The topological polar surface area (TPSA) is 97.6 Å². The maximum Gasteiger partial charge on any atom is 0.338 e. The highest BCUT2D eigenvalue weighted by Crippen LogP contribution is 2.37. The number of ether oxygens (including phenoxy) is 5. The molecule has 0 spiro atoms. The quantitative estimate of drug-likeness (QED) is 0.124. The van der Waals surface area contributed by atoms with Gasteiger partial charge in [0, 0.05) is 0 Å². The maximum atomic E-state index is 14.2.